The first-order chi connectivity index (χ1) is 7.06. The van der Waals surface area contributed by atoms with Gasteiger partial charge in [-0.2, -0.15) is 16.9 Å². The van der Waals surface area contributed by atoms with Gasteiger partial charge in [-0.1, -0.05) is 13.8 Å². The van der Waals surface area contributed by atoms with E-state index in [4.69, 9.17) is 0 Å². The van der Waals surface area contributed by atoms with Gasteiger partial charge in [0.05, 0.1) is 15.9 Å². The third kappa shape index (κ3) is 3.52. The highest BCUT2D eigenvalue weighted by Crippen LogP contribution is 2.25. The molecule has 0 N–H and O–H groups in total. The molecule has 0 atom stereocenters. The second-order valence-corrected chi connectivity index (χ2v) is 5.89. The molecule has 0 bridgehead atoms. The third-order valence-corrected chi connectivity index (χ3v) is 4.55. The minimum absolute atomic E-state index is 0.757. The van der Waals surface area contributed by atoms with Crippen LogP contribution in [0.3, 0.4) is 0 Å². The second kappa shape index (κ2) is 5.94. The minimum atomic E-state index is 0.757. The lowest BCUT2D eigenvalue weighted by molar-refractivity contribution is 0.631. The molecule has 0 radical (unpaired) electrons. The van der Waals surface area contributed by atoms with Gasteiger partial charge in [0.2, 0.25) is 0 Å². The highest BCUT2D eigenvalue weighted by atomic mass is 79.9. The number of halogens is 1. The quantitative estimate of drug-likeness (QED) is 0.819. The Bertz CT molecular complexity index is 321. The van der Waals surface area contributed by atoms with E-state index in [2.05, 4.69) is 46.5 Å². The van der Waals surface area contributed by atoms with Crippen molar-refractivity contribution in [1.82, 2.24) is 9.78 Å². The van der Waals surface area contributed by atoms with Crippen molar-refractivity contribution in [2.24, 2.45) is 5.92 Å². The Hall–Kier alpha value is 0.0400. The largest absolute Gasteiger partial charge is 0.268 e. The second-order valence-electron chi connectivity index (χ2n) is 4.07. The molecule has 0 aromatic carbocycles. The molecule has 15 heavy (non-hydrogen) atoms. The van der Waals surface area contributed by atoms with Crippen molar-refractivity contribution in [2.75, 3.05) is 5.75 Å². The van der Waals surface area contributed by atoms with Crippen LogP contribution in [0.15, 0.2) is 4.47 Å². The Morgan fingerprint density at radius 1 is 1.47 bits per heavy atom. The van der Waals surface area contributed by atoms with E-state index in [9.17, 15) is 0 Å². The molecule has 0 aliphatic rings. The molecule has 2 nitrogen and oxygen atoms in total. The fourth-order valence-corrected chi connectivity index (χ4v) is 3.08. The number of rotatable bonds is 5. The van der Waals surface area contributed by atoms with Crippen LogP contribution >= 0.6 is 27.7 Å². The average Bonchev–Trinajstić information content (AvgIpc) is 2.44. The predicted octanol–water partition coefficient (Wildman–Crippen LogP) is 3.86. The van der Waals surface area contributed by atoms with E-state index in [1.807, 2.05) is 18.7 Å². The van der Waals surface area contributed by atoms with Crippen LogP contribution < -0.4 is 0 Å². The maximum atomic E-state index is 4.48. The van der Waals surface area contributed by atoms with Gasteiger partial charge in [0.25, 0.3) is 0 Å². The van der Waals surface area contributed by atoms with Gasteiger partial charge in [0, 0.05) is 12.3 Å². The molecule has 4 heteroatoms. The van der Waals surface area contributed by atoms with Gasteiger partial charge in [-0.05, 0) is 41.4 Å². The SMILES string of the molecule is CCn1nc(C)c(Br)c1CSCC(C)C. The normalized spacial score (nSPS) is 11.3. The molecule has 0 saturated heterocycles. The van der Waals surface area contributed by atoms with Crippen LogP contribution in [0.2, 0.25) is 0 Å². The van der Waals surface area contributed by atoms with Gasteiger partial charge < -0.3 is 0 Å². The van der Waals surface area contributed by atoms with E-state index >= 15 is 0 Å². The number of aromatic nitrogens is 2. The van der Waals surface area contributed by atoms with Crippen molar-refractivity contribution >= 4 is 27.7 Å². The maximum absolute atomic E-state index is 4.48. The zero-order valence-electron chi connectivity index (χ0n) is 9.88. The Labute approximate surface area is 105 Å². The summed E-state index contributed by atoms with van der Waals surface area (Å²) in [7, 11) is 0. The zero-order chi connectivity index (χ0) is 11.4. The molecule has 1 rings (SSSR count). The summed E-state index contributed by atoms with van der Waals surface area (Å²) in [6.07, 6.45) is 0. The summed E-state index contributed by atoms with van der Waals surface area (Å²) in [4.78, 5) is 0. The summed E-state index contributed by atoms with van der Waals surface area (Å²) in [6, 6.07) is 0. The monoisotopic (exact) mass is 290 g/mol. The number of aryl methyl sites for hydroxylation is 2. The lowest BCUT2D eigenvalue weighted by Crippen LogP contribution is -2.02. The van der Waals surface area contributed by atoms with Crippen molar-refractivity contribution in [1.29, 1.82) is 0 Å². The van der Waals surface area contributed by atoms with Crippen LogP contribution in [0.5, 0.6) is 0 Å². The van der Waals surface area contributed by atoms with Crippen LogP contribution in [0.1, 0.15) is 32.2 Å². The summed E-state index contributed by atoms with van der Waals surface area (Å²) < 4.78 is 3.27. The van der Waals surface area contributed by atoms with Crippen LogP contribution in [0.25, 0.3) is 0 Å². The van der Waals surface area contributed by atoms with Gasteiger partial charge in [-0.25, -0.2) is 0 Å². The Morgan fingerprint density at radius 2 is 2.13 bits per heavy atom. The van der Waals surface area contributed by atoms with Gasteiger partial charge in [0.1, 0.15) is 0 Å². The summed E-state index contributed by atoms with van der Waals surface area (Å²) in [5.74, 6) is 3.02. The molecule has 1 aromatic heterocycles. The first kappa shape index (κ1) is 13.1. The summed E-state index contributed by atoms with van der Waals surface area (Å²) in [5, 5.41) is 4.48. The van der Waals surface area contributed by atoms with Crippen molar-refractivity contribution in [3.05, 3.63) is 15.9 Å². The third-order valence-electron chi connectivity index (χ3n) is 2.14. The summed E-state index contributed by atoms with van der Waals surface area (Å²) in [5.41, 5.74) is 2.41. The van der Waals surface area contributed by atoms with E-state index in [0.717, 1.165) is 23.9 Å². The van der Waals surface area contributed by atoms with Crippen molar-refractivity contribution in [3.63, 3.8) is 0 Å². The molecule has 0 spiro atoms. The lowest BCUT2D eigenvalue weighted by Gasteiger charge is -2.07. The van der Waals surface area contributed by atoms with E-state index < -0.39 is 0 Å². The number of nitrogens with zero attached hydrogens (tertiary/aromatic N) is 2. The molecular formula is C11H19BrN2S. The Morgan fingerprint density at radius 3 is 2.67 bits per heavy atom. The molecule has 1 heterocycles. The molecular weight excluding hydrogens is 272 g/mol. The molecule has 0 fully saturated rings. The Kier molecular flexibility index (Phi) is 5.19. The number of thioether (sulfide) groups is 1. The highest BCUT2D eigenvalue weighted by Gasteiger charge is 2.11. The van der Waals surface area contributed by atoms with Gasteiger partial charge >= 0.3 is 0 Å². The molecule has 86 valence electrons. The standard InChI is InChI=1S/C11H19BrN2S/c1-5-14-10(7-15-6-8(2)3)11(12)9(4)13-14/h8H,5-7H2,1-4H3. The van der Waals surface area contributed by atoms with Crippen LogP contribution in [-0.4, -0.2) is 15.5 Å². The Balaban J connectivity index is 2.66. The van der Waals surface area contributed by atoms with Crippen LogP contribution in [0.4, 0.5) is 0 Å². The highest BCUT2D eigenvalue weighted by molar-refractivity contribution is 9.10. The minimum Gasteiger partial charge on any atom is -0.268 e. The molecule has 0 amide bonds. The fourth-order valence-electron chi connectivity index (χ4n) is 1.40. The smallest absolute Gasteiger partial charge is 0.0739 e. The van der Waals surface area contributed by atoms with Crippen LogP contribution in [-0.2, 0) is 12.3 Å². The first-order valence-corrected chi connectivity index (χ1v) is 7.30. The van der Waals surface area contributed by atoms with E-state index in [1.165, 1.54) is 15.9 Å². The lowest BCUT2D eigenvalue weighted by atomic mass is 10.3. The molecule has 0 aliphatic carbocycles. The van der Waals surface area contributed by atoms with Gasteiger partial charge in [-0.15, -0.1) is 0 Å². The summed E-state index contributed by atoms with van der Waals surface area (Å²) in [6.45, 7) is 9.64. The summed E-state index contributed by atoms with van der Waals surface area (Å²) >= 11 is 5.59. The first-order valence-electron chi connectivity index (χ1n) is 5.35. The molecule has 0 unspecified atom stereocenters. The van der Waals surface area contributed by atoms with E-state index in [0.29, 0.717) is 0 Å². The van der Waals surface area contributed by atoms with Crippen molar-refractivity contribution in [3.8, 4) is 0 Å². The van der Waals surface area contributed by atoms with Crippen LogP contribution in [0, 0.1) is 12.8 Å². The van der Waals surface area contributed by atoms with E-state index in [-0.39, 0.29) is 0 Å². The molecule has 1 aromatic rings. The number of hydrogen-bond acceptors (Lipinski definition) is 2. The topological polar surface area (TPSA) is 17.8 Å². The fraction of sp³-hybridized carbons (Fsp3) is 0.727. The van der Waals surface area contributed by atoms with Gasteiger partial charge in [-0.3, -0.25) is 4.68 Å². The number of hydrogen-bond donors (Lipinski definition) is 0. The van der Waals surface area contributed by atoms with Crippen molar-refractivity contribution in [2.45, 2.75) is 40.0 Å². The van der Waals surface area contributed by atoms with Gasteiger partial charge in [0.15, 0.2) is 0 Å². The van der Waals surface area contributed by atoms with E-state index in [1.54, 1.807) is 0 Å². The van der Waals surface area contributed by atoms with Crippen molar-refractivity contribution < 1.29 is 0 Å². The molecule has 0 saturated carbocycles. The average molecular weight is 291 g/mol. The maximum Gasteiger partial charge on any atom is 0.0739 e. The zero-order valence-corrected chi connectivity index (χ0v) is 12.3. The predicted molar refractivity (Wildman–Crippen MR) is 71.3 cm³/mol. The molecule has 0 aliphatic heterocycles.